The van der Waals surface area contributed by atoms with E-state index in [1.165, 1.54) is 0 Å². The molecule has 60 heavy (non-hydrogen) atoms. The molecule has 0 aliphatic carbocycles. The predicted octanol–water partition coefficient (Wildman–Crippen LogP) is 13.7. The molecule has 0 amide bonds. The van der Waals surface area contributed by atoms with E-state index in [0.717, 1.165) is 78.1 Å². The number of hydrogen-bond acceptors (Lipinski definition) is 5. The smallest absolute Gasteiger partial charge is 0.164 e. The van der Waals surface area contributed by atoms with Crippen LogP contribution in [-0.4, -0.2) is 24.9 Å². The maximum atomic E-state index is 5.16. The summed E-state index contributed by atoms with van der Waals surface area (Å²) in [5, 5.41) is 0. The summed E-state index contributed by atoms with van der Waals surface area (Å²) in [4.78, 5) is 25.3. The van der Waals surface area contributed by atoms with Crippen LogP contribution in [-0.2, 0) is 0 Å². The number of aromatic nitrogens is 5. The highest BCUT2D eigenvalue weighted by Crippen LogP contribution is 2.35. The molecule has 0 aliphatic heterocycles. The lowest BCUT2D eigenvalue weighted by Gasteiger charge is -2.13. The van der Waals surface area contributed by atoms with E-state index in [0.29, 0.717) is 23.3 Å². The Kier molecular flexibility index (Phi) is 9.88. The summed E-state index contributed by atoms with van der Waals surface area (Å²) >= 11 is 0. The summed E-state index contributed by atoms with van der Waals surface area (Å²) in [7, 11) is 0. The van der Waals surface area contributed by atoms with E-state index in [4.69, 9.17) is 24.9 Å². The van der Waals surface area contributed by atoms with Crippen molar-refractivity contribution in [1.82, 2.24) is 24.9 Å². The first-order valence-electron chi connectivity index (χ1n) is 20.0. The normalized spacial score (nSPS) is 11.0. The Morgan fingerprint density at radius 3 is 0.967 bits per heavy atom. The Hall–Kier alpha value is -8.15. The molecule has 5 nitrogen and oxygen atoms in total. The fraction of sp³-hybridized carbons (Fsp3) is 0. The van der Waals surface area contributed by atoms with E-state index in [-0.39, 0.29) is 0 Å². The Balaban J connectivity index is 1.04. The van der Waals surface area contributed by atoms with Gasteiger partial charge >= 0.3 is 0 Å². The second-order valence-electron chi connectivity index (χ2n) is 14.6. The first kappa shape index (κ1) is 36.2. The van der Waals surface area contributed by atoms with E-state index in [1.54, 1.807) is 0 Å². The Bertz CT molecular complexity index is 2930. The number of rotatable bonds is 9. The SMILES string of the molecule is c1ccc(-c2cc(-c3ccccc3)cc(-c3nc(-c4ccccc4)nc(-c4ccc(-c5cccc(-c6cc(-c7ccccc7)nc(-c7ccccc7)n6)c5)cc4)n3)c2)cc1. The second kappa shape index (κ2) is 16.4. The van der Waals surface area contributed by atoms with Crippen molar-refractivity contribution in [1.29, 1.82) is 0 Å². The second-order valence-corrected chi connectivity index (χ2v) is 14.6. The third kappa shape index (κ3) is 7.76. The average Bonchev–Trinajstić information content (AvgIpc) is 3.35. The van der Waals surface area contributed by atoms with Crippen LogP contribution >= 0.6 is 0 Å². The molecule has 282 valence electrons. The summed E-state index contributed by atoms with van der Waals surface area (Å²) in [6.45, 7) is 0. The minimum absolute atomic E-state index is 0.605. The van der Waals surface area contributed by atoms with Crippen LogP contribution < -0.4 is 0 Å². The van der Waals surface area contributed by atoms with Crippen LogP contribution in [0.25, 0.3) is 101 Å². The molecule has 10 rings (SSSR count). The molecular weight excluding hydrogens is 731 g/mol. The minimum atomic E-state index is 0.605. The summed E-state index contributed by atoms with van der Waals surface area (Å²) < 4.78 is 0. The van der Waals surface area contributed by atoms with Crippen molar-refractivity contribution in [2.75, 3.05) is 0 Å². The fourth-order valence-corrected chi connectivity index (χ4v) is 7.44. The predicted molar refractivity (Wildman–Crippen MR) is 244 cm³/mol. The summed E-state index contributed by atoms with van der Waals surface area (Å²) in [5.74, 6) is 2.53. The molecule has 0 fully saturated rings. The zero-order chi connectivity index (χ0) is 40.1. The van der Waals surface area contributed by atoms with Crippen LogP contribution in [0.4, 0.5) is 0 Å². The van der Waals surface area contributed by atoms with E-state index in [2.05, 4.69) is 133 Å². The molecule has 0 atom stereocenters. The summed E-state index contributed by atoms with van der Waals surface area (Å²) in [6, 6.07) is 77.0. The maximum Gasteiger partial charge on any atom is 0.164 e. The van der Waals surface area contributed by atoms with Crippen molar-refractivity contribution in [2.24, 2.45) is 0 Å². The lowest BCUT2D eigenvalue weighted by Crippen LogP contribution is -2.00. The van der Waals surface area contributed by atoms with Crippen molar-refractivity contribution in [3.8, 4) is 101 Å². The lowest BCUT2D eigenvalue weighted by molar-refractivity contribution is 1.07. The van der Waals surface area contributed by atoms with Crippen molar-refractivity contribution in [2.45, 2.75) is 0 Å². The van der Waals surface area contributed by atoms with Gasteiger partial charge in [-0.25, -0.2) is 24.9 Å². The highest BCUT2D eigenvalue weighted by atomic mass is 15.0. The first-order chi connectivity index (χ1) is 29.7. The van der Waals surface area contributed by atoms with Gasteiger partial charge < -0.3 is 0 Å². The van der Waals surface area contributed by atoms with Crippen LogP contribution in [0.1, 0.15) is 0 Å². The molecule has 0 radical (unpaired) electrons. The van der Waals surface area contributed by atoms with Gasteiger partial charge in [0.1, 0.15) is 0 Å². The van der Waals surface area contributed by atoms with Crippen LogP contribution in [0.15, 0.2) is 224 Å². The van der Waals surface area contributed by atoms with Gasteiger partial charge in [-0.3, -0.25) is 0 Å². The molecule has 0 saturated carbocycles. The quantitative estimate of drug-likeness (QED) is 0.146. The van der Waals surface area contributed by atoms with E-state index in [1.807, 2.05) is 91.0 Å². The van der Waals surface area contributed by atoms with Gasteiger partial charge in [-0.15, -0.1) is 0 Å². The van der Waals surface area contributed by atoms with Gasteiger partial charge in [-0.05, 0) is 63.7 Å². The van der Waals surface area contributed by atoms with E-state index in [9.17, 15) is 0 Å². The van der Waals surface area contributed by atoms with Crippen LogP contribution in [0.3, 0.4) is 0 Å². The Morgan fingerprint density at radius 2 is 0.467 bits per heavy atom. The largest absolute Gasteiger partial charge is 0.228 e. The molecule has 2 aromatic heterocycles. The highest BCUT2D eigenvalue weighted by Gasteiger charge is 2.16. The molecule has 10 aromatic rings. The molecule has 8 aromatic carbocycles. The molecule has 0 saturated heterocycles. The van der Waals surface area contributed by atoms with Crippen molar-refractivity contribution >= 4 is 0 Å². The lowest BCUT2D eigenvalue weighted by atomic mass is 9.96. The van der Waals surface area contributed by atoms with E-state index < -0.39 is 0 Å². The Morgan fingerprint density at radius 1 is 0.167 bits per heavy atom. The maximum absolute atomic E-state index is 5.16. The third-order valence-corrected chi connectivity index (χ3v) is 10.5. The first-order valence-corrected chi connectivity index (χ1v) is 20.0. The van der Waals surface area contributed by atoms with Gasteiger partial charge in [0.15, 0.2) is 23.3 Å². The summed E-state index contributed by atoms with van der Waals surface area (Å²) in [6.07, 6.45) is 0. The van der Waals surface area contributed by atoms with Gasteiger partial charge in [-0.1, -0.05) is 194 Å². The van der Waals surface area contributed by atoms with Crippen molar-refractivity contribution in [3.05, 3.63) is 224 Å². The van der Waals surface area contributed by atoms with Gasteiger partial charge in [0.25, 0.3) is 0 Å². The summed E-state index contributed by atoms with van der Waals surface area (Å²) in [5.41, 5.74) is 14.1. The molecule has 0 N–H and O–H groups in total. The molecule has 0 aliphatic rings. The Labute approximate surface area is 349 Å². The number of hydrogen-bond donors (Lipinski definition) is 0. The zero-order valence-corrected chi connectivity index (χ0v) is 32.6. The number of benzene rings is 8. The van der Waals surface area contributed by atoms with Gasteiger partial charge in [0.05, 0.1) is 11.4 Å². The molecule has 2 heterocycles. The van der Waals surface area contributed by atoms with Gasteiger partial charge in [0.2, 0.25) is 0 Å². The third-order valence-electron chi connectivity index (χ3n) is 10.5. The standard InChI is InChI=1S/C55H37N5/c1-6-17-38(18-7-1)47-34-48(39-19-8-2-9-20-39)36-49(35-47)55-59-53(43-25-14-5-15-26-43)58-54(60-55)44-31-29-40(30-32-44)45-27-16-28-46(33-45)51-37-50(41-21-10-3-11-22-41)56-52(57-51)42-23-12-4-13-24-42/h1-37H. The molecular formula is C55H37N5. The van der Waals surface area contributed by atoms with Crippen LogP contribution in [0.5, 0.6) is 0 Å². The fourth-order valence-electron chi connectivity index (χ4n) is 7.44. The topological polar surface area (TPSA) is 64.5 Å². The molecule has 0 spiro atoms. The average molecular weight is 768 g/mol. The van der Waals surface area contributed by atoms with Crippen molar-refractivity contribution < 1.29 is 0 Å². The molecule has 0 bridgehead atoms. The molecule has 0 unspecified atom stereocenters. The zero-order valence-electron chi connectivity index (χ0n) is 32.6. The van der Waals surface area contributed by atoms with Crippen molar-refractivity contribution in [3.63, 3.8) is 0 Å². The van der Waals surface area contributed by atoms with E-state index >= 15 is 0 Å². The minimum Gasteiger partial charge on any atom is -0.228 e. The van der Waals surface area contributed by atoms with Crippen LogP contribution in [0.2, 0.25) is 0 Å². The highest BCUT2D eigenvalue weighted by molar-refractivity contribution is 5.81. The molecule has 5 heteroatoms. The number of nitrogens with zero attached hydrogens (tertiary/aromatic N) is 5. The van der Waals surface area contributed by atoms with Gasteiger partial charge in [0, 0.05) is 33.4 Å². The van der Waals surface area contributed by atoms with Crippen LogP contribution in [0, 0.1) is 0 Å². The monoisotopic (exact) mass is 767 g/mol. The van der Waals surface area contributed by atoms with Gasteiger partial charge in [-0.2, -0.15) is 0 Å².